The van der Waals surface area contributed by atoms with Crippen molar-refractivity contribution >= 4 is 12.1 Å². The molecule has 33 heavy (non-hydrogen) atoms. The van der Waals surface area contributed by atoms with Gasteiger partial charge in [-0.2, -0.15) is 10.2 Å². The molecular weight excluding hydrogens is 420 g/mol. The number of hydrogen-bond donors (Lipinski definition) is 1. The summed E-state index contributed by atoms with van der Waals surface area (Å²) < 4.78 is 18.6. The van der Waals surface area contributed by atoms with Crippen molar-refractivity contribution in [1.29, 1.82) is 0 Å². The van der Waals surface area contributed by atoms with Crippen molar-refractivity contribution in [3.05, 3.63) is 83.4 Å². The number of furan rings is 1. The summed E-state index contributed by atoms with van der Waals surface area (Å²) in [5, 5.41) is 8.95. The SMILES string of the molecule is Cc1cc(C(=O)N/N=C\c2cn(-c3ccccc3)nc2-c2ccc3c(c2)OCCO3)c(C)o1. The van der Waals surface area contributed by atoms with E-state index in [0.29, 0.717) is 47.5 Å². The van der Waals surface area contributed by atoms with Crippen molar-refractivity contribution in [2.24, 2.45) is 5.10 Å². The lowest BCUT2D eigenvalue weighted by molar-refractivity contribution is 0.0953. The summed E-state index contributed by atoms with van der Waals surface area (Å²) in [4.78, 5) is 12.5. The van der Waals surface area contributed by atoms with Gasteiger partial charge in [0.15, 0.2) is 11.5 Å². The summed E-state index contributed by atoms with van der Waals surface area (Å²) in [5.41, 5.74) is 6.21. The summed E-state index contributed by atoms with van der Waals surface area (Å²) in [6.07, 6.45) is 3.45. The minimum absolute atomic E-state index is 0.336. The summed E-state index contributed by atoms with van der Waals surface area (Å²) >= 11 is 0. The molecule has 4 aromatic rings. The number of para-hydroxylation sites is 1. The fourth-order valence-electron chi connectivity index (χ4n) is 3.69. The van der Waals surface area contributed by atoms with Gasteiger partial charge in [-0.05, 0) is 50.2 Å². The van der Waals surface area contributed by atoms with Gasteiger partial charge in [0, 0.05) is 17.3 Å². The molecule has 1 aliphatic rings. The molecule has 0 saturated carbocycles. The van der Waals surface area contributed by atoms with E-state index in [2.05, 4.69) is 10.5 Å². The van der Waals surface area contributed by atoms with Crippen molar-refractivity contribution in [2.45, 2.75) is 13.8 Å². The predicted octanol–water partition coefficient (Wildman–Crippen LogP) is 4.28. The molecule has 3 heterocycles. The molecule has 0 saturated heterocycles. The number of nitrogens with one attached hydrogen (secondary N) is 1. The van der Waals surface area contributed by atoms with Gasteiger partial charge < -0.3 is 13.9 Å². The Hall–Kier alpha value is -4.33. The van der Waals surface area contributed by atoms with Crippen LogP contribution >= 0.6 is 0 Å². The van der Waals surface area contributed by atoms with Crippen LogP contribution in [0.2, 0.25) is 0 Å². The Balaban J connectivity index is 1.48. The summed E-state index contributed by atoms with van der Waals surface area (Å²) in [6, 6.07) is 17.2. The molecule has 8 heteroatoms. The Bertz CT molecular complexity index is 1340. The molecule has 0 aliphatic carbocycles. The van der Waals surface area contributed by atoms with Crippen LogP contribution in [-0.2, 0) is 0 Å². The van der Waals surface area contributed by atoms with Crippen molar-refractivity contribution in [2.75, 3.05) is 13.2 Å². The highest BCUT2D eigenvalue weighted by Gasteiger charge is 2.17. The smallest absolute Gasteiger partial charge is 0.274 e. The van der Waals surface area contributed by atoms with E-state index in [1.165, 1.54) is 0 Å². The predicted molar refractivity (Wildman–Crippen MR) is 123 cm³/mol. The Morgan fingerprint density at radius 2 is 1.85 bits per heavy atom. The third kappa shape index (κ3) is 4.23. The number of aryl methyl sites for hydroxylation is 2. The molecule has 2 aromatic heterocycles. The fraction of sp³-hybridized carbons (Fsp3) is 0.160. The third-order valence-corrected chi connectivity index (χ3v) is 5.23. The zero-order chi connectivity index (χ0) is 22.8. The number of carbonyl (C=O) groups excluding carboxylic acids is 1. The molecular formula is C25H22N4O4. The normalized spacial score (nSPS) is 12.8. The van der Waals surface area contributed by atoms with Gasteiger partial charge in [0.2, 0.25) is 0 Å². The standard InChI is InChI=1S/C25H22N4O4/c1-16-12-21(17(2)33-16)25(30)27-26-14-19-15-29(20-6-4-3-5-7-20)28-24(19)18-8-9-22-23(13-18)32-11-10-31-22/h3-9,12-15H,10-11H2,1-2H3,(H,27,30)/b26-14-. The molecule has 0 atom stereocenters. The third-order valence-electron chi connectivity index (χ3n) is 5.23. The van der Waals surface area contributed by atoms with Gasteiger partial charge in [-0.15, -0.1) is 0 Å². The molecule has 2 aromatic carbocycles. The molecule has 0 bridgehead atoms. The average Bonchev–Trinajstić information content (AvgIpc) is 3.42. The second kappa shape index (κ2) is 8.66. The molecule has 1 N–H and O–H groups in total. The van der Waals surface area contributed by atoms with Crippen molar-refractivity contribution in [1.82, 2.24) is 15.2 Å². The van der Waals surface area contributed by atoms with Crippen molar-refractivity contribution in [3.8, 4) is 28.4 Å². The van der Waals surface area contributed by atoms with Crippen LogP contribution in [0.4, 0.5) is 0 Å². The first-order chi connectivity index (χ1) is 16.1. The van der Waals surface area contributed by atoms with Crippen LogP contribution in [0.25, 0.3) is 16.9 Å². The lowest BCUT2D eigenvalue weighted by Crippen LogP contribution is -2.17. The van der Waals surface area contributed by atoms with Crippen molar-refractivity contribution < 1.29 is 18.7 Å². The number of ether oxygens (including phenoxy) is 2. The summed E-state index contributed by atoms with van der Waals surface area (Å²) in [6.45, 7) is 4.57. The lowest BCUT2D eigenvalue weighted by atomic mass is 10.1. The lowest BCUT2D eigenvalue weighted by Gasteiger charge is -2.18. The van der Waals surface area contributed by atoms with Gasteiger partial charge in [0.05, 0.1) is 17.5 Å². The van der Waals surface area contributed by atoms with Crippen LogP contribution in [0.3, 0.4) is 0 Å². The van der Waals surface area contributed by atoms with Gasteiger partial charge in [-0.1, -0.05) is 18.2 Å². The van der Waals surface area contributed by atoms with Crippen LogP contribution in [0, 0.1) is 13.8 Å². The van der Waals surface area contributed by atoms with Crippen LogP contribution in [0.5, 0.6) is 11.5 Å². The van der Waals surface area contributed by atoms with E-state index >= 15 is 0 Å². The number of hydrogen-bond acceptors (Lipinski definition) is 6. The number of nitrogens with zero attached hydrogens (tertiary/aromatic N) is 3. The zero-order valence-corrected chi connectivity index (χ0v) is 18.2. The van der Waals surface area contributed by atoms with Crippen LogP contribution in [0.1, 0.15) is 27.4 Å². The molecule has 1 amide bonds. The maximum absolute atomic E-state index is 12.5. The van der Waals surface area contributed by atoms with E-state index in [1.807, 2.05) is 54.7 Å². The van der Waals surface area contributed by atoms with Gasteiger partial charge >= 0.3 is 0 Å². The van der Waals surface area contributed by atoms with E-state index < -0.39 is 0 Å². The first-order valence-electron chi connectivity index (χ1n) is 10.5. The Morgan fingerprint density at radius 3 is 2.61 bits per heavy atom. The quantitative estimate of drug-likeness (QED) is 0.368. The van der Waals surface area contributed by atoms with E-state index in [-0.39, 0.29) is 5.91 Å². The molecule has 0 spiro atoms. The first-order valence-corrected chi connectivity index (χ1v) is 10.5. The highest BCUT2D eigenvalue weighted by atomic mass is 16.6. The van der Waals surface area contributed by atoms with Gasteiger partial charge in [0.1, 0.15) is 30.4 Å². The molecule has 166 valence electrons. The average molecular weight is 442 g/mol. The topological polar surface area (TPSA) is 90.9 Å². The largest absolute Gasteiger partial charge is 0.486 e. The molecule has 0 radical (unpaired) electrons. The van der Waals surface area contributed by atoms with Crippen molar-refractivity contribution in [3.63, 3.8) is 0 Å². The van der Waals surface area contributed by atoms with Crippen LogP contribution in [0.15, 0.2) is 70.3 Å². The number of carbonyl (C=O) groups is 1. The maximum Gasteiger partial charge on any atom is 0.274 e. The second-order valence-corrected chi connectivity index (χ2v) is 7.60. The molecule has 1 aliphatic heterocycles. The minimum Gasteiger partial charge on any atom is -0.486 e. The van der Waals surface area contributed by atoms with E-state index in [9.17, 15) is 4.79 Å². The molecule has 5 rings (SSSR count). The van der Waals surface area contributed by atoms with Gasteiger partial charge in [0.25, 0.3) is 5.91 Å². The zero-order valence-electron chi connectivity index (χ0n) is 18.2. The molecule has 8 nitrogen and oxygen atoms in total. The summed E-state index contributed by atoms with van der Waals surface area (Å²) in [5.74, 6) is 2.27. The second-order valence-electron chi connectivity index (χ2n) is 7.60. The first kappa shape index (κ1) is 20.6. The highest BCUT2D eigenvalue weighted by molar-refractivity contribution is 5.96. The van der Waals surface area contributed by atoms with E-state index in [0.717, 1.165) is 16.8 Å². The number of hydrazone groups is 1. The van der Waals surface area contributed by atoms with Crippen LogP contribution < -0.4 is 14.9 Å². The Labute approximate surface area is 190 Å². The Kier molecular flexibility index (Phi) is 5.40. The number of benzene rings is 2. The minimum atomic E-state index is -0.336. The Morgan fingerprint density at radius 1 is 1.06 bits per heavy atom. The van der Waals surface area contributed by atoms with Gasteiger partial charge in [-0.3, -0.25) is 4.79 Å². The van der Waals surface area contributed by atoms with E-state index in [1.54, 1.807) is 30.8 Å². The number of amides is 1. The molecule has 0 fully saturated rings. The maximum atomic E-state index is 12.5. The monoisotopic (exact) mass is 442 g/mol. The fourth-order valence-corrected chi connectivity index (χ4v) is 3.69. The molecule has 0 unspecified atom stereocenters. The number of rotatable bonds is 5. The van der Waals surface area contributed by atoms with E-state index in [4.69, 9.17) is 19.0 Å². The van der Waals surface area contributed by atoms with Gasteiger partial charge in [-0.25, -0.2) is 10.1 Å². The number of aromatic nitrogens is 2. The summed E-state index contributed by atoms with van der Waals surface area (Å²) in [7, 11) is 0. The van der Waals surface area contributed by atoms with Crippen LogP contribution in [-0.4, -0.2) is 35.1 Å². The number of fused-ring (bicyclic) bond motifs is 1. The highest BCUT2D eigenvalue weighted by Crippen LogP contribution is 2.35.